The first kappa shape index (κ1) is 24.4. The van der Waals surface area contributed by atoms with Crippen molar-refractivity contribution in [3.63, 3.8) is 0 Å². The Morgan fingerprint density at radius 1 is 1.00 bits per heavy atom. The highest BCUT2D eigenvalue weighted by Gasteiger charge is 2.15. The van der Waals surface area contributed by atoms with Gasteiger partial charge in [-0.2, -0.15) is 0 Å². The standard InChI is InChI=1S/C23H39N5.HI/c1-20-7-5-15-27(18-20)16-6-12-25-23(24-2)26-17-21-8-10-22(11-9-21)19-28-13-3-4-14-28;/h8-11,20H,3-7,12-19H2,1-2H3,(H2,24,25,26);1H. The zero-order chi connectivity index (χ0) is 19.6. The van der Waals surface area contributed by atoms with Gasteiger partial charge >= 0.3 is 0 Å². The molecule has 0 aromatic heterocycles. The number of piperidine rings is 1. The molecule has 1 aromatic carbocycles. The number of likely N-dealkylation sites (tertiary alicyclic amines) is 2. The van der Waals surface area contributed by atoms with Crippen molar-refractivity contribution in [1.29, 1.82) is 0 Å². The number of aliphatic imine (C=N–C) groups is 1. The van der Waals surface area contributed by atoms with Gasteiger partial charge in [0.15, 0.2) is 5.96 Å². The second kappa shape index (κ2) is 13.4. The van der Waals surface area contributed by atoms with E-state index < -0.39 is 0 Å². The molecule has 2 fully saturated rings. The quantitative estimate of drug-likeness (QED) is 0.241. The molecule has 6 heteroatoms. The Hall–Kier alpha value is -0.860. The second-order valence-electron chi connectivity index (χ2n) is 8.55. The van der Waals surface area contributed by atoms with Gasteiger partial charge in [-0.25, -0.2) is 0 Å². The minimum Gasteiger partial charge on any atom is -0.356 e. The Balaban J connectivity index is 0.00000300. The summed E-state index contributed by atoms with van der Waals surface area (Å²) in [6.07, 6.45) is 6.62. The van der Waals surface area contributed by atoms with E-state index in [4.69, 9.17) is 0 Å². The summed E-state index contributed by atoms with van der Waals surface area (Å²) in [5, 5.41) is 6.89. The van der Waals surface area contributed by atoms with E-state index in [1.54, 1.807) is 0 Å². The van der Waals surface area contributed by atoms with Crippen molar-refractivity contribution in [2.45, 2.75) is 52.1 Å². The minimum atomic E-state index is 0. The van der Waals surface area contributed by atoms with Gasteiger partial charge in [-0.1, -0.05) is 31.2 Å². The summed E-state index contributed by atoms with van der Waals surface area (Å²) in [5.74, 6) is 1.76. The number of benzene rings is 1. The molecule has 3 rings (SSSR count). The lowest BCUT2D eigenvalue weighted by molar-refractivity contribution is 0.182. The van der Waals surface area contributed by atoms with Gasteiger partial charge in [0.2, 0.25) is 0 Å². The maximum absolute atomic E-state index is 4.36. The molecule has 1 atom stereocenters. The number of rotatable bonds is 8. The zero-order valence-corrected chi connectivity index (χ0v) is 20.7. The average Bonchev–Trinajstić information content (AvgIpc) is 3.22. The van der Waals surface area contributed by atoms with E-state index >= 15 is 0 Å². The lowest BCUT2D eigenvalue weighted by atomic mass is 10.0. The van der Waals surface area contributed by atoms with Crippen LogP contribution in [0.4, 0.5) is 0 Å². The van der Waals surface area contributed by atoms with Crippen molar-refractivity contribution in [1.82, 2.24) is 20.4 Å². The van der Waals surface area contributed by atoms with Gasteiger partial charge in [0.1, 0.15) is 0 Å². The fourth-order valence-electron chi connectivity index (χ4n) is 4.37. The molecule has 0 radical (unpaired) electrons. The average molecular weight is 514 g/mol. The number of guanidine groups is 1. The molecule has 0 aliphatic carbocycles. The van der Waals surface area contributed by atoms with Crippen molar-refractivity contribution in [2.75, 3.05) is 46.3 Å². The smallest absolute Gasteiger partial charge is 0.191 e. The van der Waals surface area contributed by atoms with Crippen LogP contribution in [0.25, 0.3) is 0 Å². The molecule has 2 aliphatic rings. The van der Waals surface area contributed by atoms with E-state index in [1.807, 2.05) is 7.05 Å². The molecule has 29 heavy (non-hydrogen) atoms. The molecule has 2 saturated heterocycles. The van der Waals surface area contributed by atoms with Crippen molar-refractivity contribution < 1.29 is 0 Å². The summed E-state index contributed by atoms with van der Waals surface area (Å²) in [6.45, 7) is 11.5. The van der Waals surface area contributed by atoms with Crippen molar-refractivity contribution in [3.8, 4) is 0 Å². The molecule has 2 heterocycles. The Morgan fingerprint density at radius 3 is 2.38 bits per heavy atom. The highest BCUT2D eigenvalue weighted by atomic mass is 127. The molecular formula is C23H40IN5. The zero-order valence-electron chi connectivity index (χ0n) is 18.3. The molecule has 0 spiro atoms. The SMILES string of the molecule is CN=C(NCCCN1CCCC(C)C1)NCc1ccc(CN2CCCC2)cc1.I. The maximum Gasteiger partial charge on any atom is 0.191 e. The molecule has 2 N–H and O–H groups in total. The highest BCUT2D eigenvalue weighted by molar-refractivity contribution is 14.0. The van der Waals surface area contributed by atoms with E-state index in [9.17, 15) is 0 Å². The second-order valence-corrected chi connectivity index (χ2v) is 8.55. The van der Waals surface area contributed by atoms with Gasteiger partial charge in [-0.15, -0.1) is 24.0 Å². The topological polar surface area (TPSA) is 42.9 Å². The van der Waals surface area contributed by atoms with Crippen molar-refractivity contribution in [3.05, 3.63) is 35.4 Å². The number of hydrogen-bond acceptors (Lipinski definition) is 3. The van der Waals surface area contributed by atoms with Gasteiger partial charge in [-0.05, 0) is 75.3 Å². The van der Waals surface area contributed by atoms with Crippen LogP contribution in [0.1, 0.15) is 50.2 Å². The fraction of sp³-hybridized carbons (Fsp3) is 0.696. The van der Waals surface area contributed by atoms with Crippen LogP contribution >= 0.6 is 24.0 Å². The summed E-state index contributed by atoms with van der Waals surface area (Å²) in [6, 6.07) is 9.02. The largest absolute Gasteiger partial charge is 0.356 e. The summed E-state index contributed by atoms with van der Waals surface area (Å²) in [7, 11) is 1.85. The molecule has 1 aromatic rings. The fourth-order valence-corrected chi connectivity index (χ4v) is 4.37. The van der Waals surface area contributed by atoms with Gasteiger partial charge in [0.25, 0.3) is 0 Å². The Labute approximate surface area is 194 Å². The van der Waals surface area contributed by atoms with Crippen molar-refractivity contribution >= 4 is 29.9 Å². The van der Waals surface area contributed by atoms with Crippen LogP contribution < -0.4 is 10.6 Å². The third kappa shape index (κ3) is 8.80. The molecule has 0 bridgehead atoms. The summed E-state index contributed by atoms with van der Waals surface area (Å²) in [4.78, 5) is 9.51. The van der Waals surface area contributed by atoms with Crippen LogP contribution in [0, 0.1) is 5.92 Å². The molecule has 5 nitrogen and oxygen atoms in total. The van der Waals surface area contributed by atoms with Crippen molar-refractivity contribution in [2.24, 2.45) is 10.9 Å². The molecule has 2 aliphatic heterocycles. The predicted octanol–water partition coefficient (Wildman–Crippen LogP) is 3.69. The van der Waals surface area contributed by atoms with Crippen LogP contribution in [0.15, 0.2) is 29.3 Å². The minimum absolute atomic E-state index is 0. The number of halogens is 1. The molecule has 0 saturated carbocycles. The summed E-state index contributed by atoms with van der Waals surface area (Å²) < 4.78 is 0. The number of nitrogens with zero attached hydrogens (tertiary/aromatic N) is 3. The number of hydrogen-bond donors (Lipinski definition) is 2. The molecule has 1 unspecified atom stereocenters. The first-order chi connectivity index (χ1) is 13.7. The predicted molar refractivity (Wildman–Crippen MR) is 134 cm³/mol. The summed E-state index contributed by atoms with van der Waals surface area (Å²) >= 11 is 0. The Bertz CT molecular complexity index is 598. The molecular weight excluding hydrogens is 473 g/mol. The van der Waals surface area contributed by atoms with Crippen LogP contribution in [-0.4, -0.2) is 62.1 Å². The van der Waals surface area contributed by atoms with Crippen LogP contribution in [0.2, 0.25) is 0 Å². The third-order valence-corrected chi connectivity index (χ3v) is 6.00. The van der Waals surface area contributed by atoms with E-state index in [2.05, 4.69) is 56.6 Å². The Kier molecular flexibility index (Phi) is 11.3. The van der Waals surface area contributed by atoms with Gasteiger partial charge < -0.3 is 15.5 Å². The molecule has 0 amide bonds. The Morgan fingerprint density at radius 2 is 1.69 bits per heavy atom. The van der Waals surface area contributed by atoms with E-state index in [-0.39, 0.29) is 24.0 Å². The van der Waals surface area contributed by atoms with Crippen LogP contribution in [0.5, 0.6) is 0 Å². The molecule has 164 valence electrons. The normalized spacial score (nSPS) is 21.0. The first-order valence-corrected chi connectivity index (χ1v) is 11.2. The van der Waals surface area contributed by atoms with Gasteiger partial charge in [-0.3, -0.25) is 9.89 Å². The number of nitrogens with one attached hydrogen (secondary N) is 2. The lowest BCUT2D eigenvalue weighted by Gasteiger charge is -2.30. The van der Waals surface area contributed by atoms with E-state index in [1.165, 1.54) is 76.0 Å². The summed E-state index contributed by atoms with van der Waals surface area (Å²) in [5.41, 5.74) is 2.72. The van der Waals surface area contributed by atoms with Crippen LogP contribution in [-0.2, 0) is 13.1 Å². The third-order valence-electron chi connectivity index (χ3n) is 6.00. The van der Waals surface area contributed by atoms with Gasteiger partial charge in [0.05, 0.1) is 0 Å². The monoisotopic (exact) mass is 513 g/mol. The maximum atomic E-state index is 4.36. The van der Waals surface area contributed by atoms with Crippen LogP contribution in [0.3, 0.4) is 0 Å². The van der Waals surface area contributed by atoms with E-state index in [0.29, 0.717) is 0 Å². The highest BCUT2D eigenvalue weighted by Crippen LogP contribution is 2.15. The lowest BCUT2D eigenvalue weighted by Crippen LogP contribution is -2.39. The van der Waals surface area contributed by atoms with Gasteiger partial charge in [0, 0.05) is 33.2 Å². The first-order valence-electron chi connectivity index (χ1n) is 11.2. The van der Waals surface area contributed by atoms with E-state index in [0.717, 1.165) is 31.5 Å².